The summed E-state index contributed by atoms with van der Waals surface area (Å²) in [5.74, 6) is 0.433. The van der Waals surface area contributed by atoms with Crippen LogP contribution in [-0.4, -0.2) is 47.7 Å². The average Bonchev–Trinajstić information content (AvgIpc) is 2.56. The van der Waals surface area contributed by atoms with Gasteiger partial charge in [-0.3, -0.25) is 4.90 Å². The van der Waals surface area contributed by atoms with E-state index in [0.717, 1.165) is 32.0 Å². The number of β-amino-alcohol motifs (C(OH)–C–C–N with tert-alkyl or cyclic N) is 1. The number of halogens is 2. The minimum atomic E-state index is -0.818. The second-order valence-electron chi connectivity index (χ2n) is 5.63. The van der Waals surface area contributed by atoms with Crippen molar-refractivity contribution in [2.24, 2.45) is 0 Å². The predicted molar refractivity (Wildman–Crippen MR) is 89.3 cm³/mol. The average molecular weight is 336 g/mol. The van der Waals surface area contributed by atoms with Crippen molar-refractivity contribution in [3.05, 3.63) is 59.0 Å². The molecule has 1 unspecified atom stereocenters. The fourth-order valence-electron chi connectivity index (χ4n) is 2.84. The summed E-state index contributed by atoms with van der Waals surface area (Å²) in [5, 5.41) is 10.9. The summed E-state index contributed by atoms with van der Waals surface area (Å²) in [6, 6.07) is 10.0. The molecule has 0 bridgehead atoms. The predicted octanol–water partition coefficient (Wildman–Crippen LogP) is 2.73. The summed E-state index contributed by atoms with van der Waals surface area (Å²) in [6.07, 6.45) is 0.913. The van der Waals surface area contributed by atoms with Crippen molar-refractivity contribution in [1.29, 1.82) is 0 Å². The molecule has 2 heterocycles. The van der Waals surface area contributed by atoms with Gasteiger partial charge in [-0.25, -0.2) is 9.37 Å². The first kappa shape index (κ1) is 16.2. The summed E-state index contributed by atoms with van der Waals surface area (Å²) < 4.78 is 13.7. The Hall–Kier alpha value is -1.69. The molecule has 1 aliphatic rings. The zero-order chi connectivity index (χ0) is 16.2. The number of hydrogen-bond acceptors (Lipinski definition) is 4. The monoisotopic (exact) mass is 335 g/mol. The molecule has 1 saturated heterocycles. The first-order valence-electron chi connectivity index (χ1n) is 7.65. The highest BCUT2D eigenvalue weighted by Gasteiger charge is 2.22. The van der Waals surface area contributed by atoms with Crippen LogP contribution in [0.25, 0.3) is 0 Å². The molecule has 1 fully saturated rings. The van der Waals surface area contributed by atoms with Crippen molar-refractivity contribution < 1.29 is 9.50 Å². The van der Waals surface area contributed by atoms with Crippen LogP contribution in [0.3, 0.4) is 0 Å². The lowest BCUT2D eigenvalue weighted by molar-refractivity contribution is 0.106. The second kappa shape index (κ2) is 7.25. The fourth-order valence-corrected chi connectivity index (χ4v) is 3.08. The van der Waals surface area contributed by atoms with E-state index in [2.05, 4.69) is 14.8 Å². The van der Waals surface area contributed by atoms with Gasteiger partial charge in [-0.05, 0) is 18.2 Å². The molecule has 0 spiro atoms. The van der Waals surface area contributed by atoms with Gasteiger partial charge >= 0.3 is 0 Å². The summed E-state index contributed by atoms with van der Waals surface area (Å²) in [4.78, 5) is 8.59. The lowest BCUT2D eigenvalue weighted by Gasteiger charge is -2.36. The zero-order valence-electron chi connectivity index (χ0n) is 12.7. The number of aliphatic hydroxyl groups is 1. The Labute approximate surface area is 140 Å². The highest BCUT2D eigenvalue weighted by Crippen LogP contribution is 2.24. The highest BCUT2D eigenvalue weighted by atomic mass is 35.5. The van der Waals surface area contributed by atoms with E-state index in [1.807, 2.05) is 12.1 Å². The quantitative estimate of drug-likeness (QED) is 0.932. The van der Waals surface area contributed by atoms with Gasteiger partial charge in [-0.15, -0.1) is 0 Å². The van der Waals surface area contributed by atoms with Crippen LogP contribution in [-0.2, 0) is 0 Å². The summed E-state index contributed by atoms with van der Waals surface area (Å²) in [7, 11) is 0. The van der Waals surface area contributed by atoms with Crippen molar-refractivity contribution in [2.45, 2.75) is 6.10 Å². The van der Waals surface area contributed by atoms with Crippen LogP contribution in [0.5, 0.6) is 0 Å². The van der Waals surface area contributed by atoms with E-state index in [4.69, 9.17) is 11.6 Å². The summed E-state index contributed by atoms with van der Waals surface area (Å²) >= 11 is 6.18. The maximum Gasteiger partial charge on any atom is 0.147 e. The van der Waals surface area contributed by atoms with E-state index in [1.54, 1.807) is 24.4 Å². The van der Waals surface area contributed by atoms with Gasteiger partial charge < -0.3 is 10.0 Å². The first-order valence-corrected chi connectivity index (χ1v) is 8.03. The molecule has 0 radical (unpaired) electrons. The fraction of sp³-hybridized carbons (Fsp3) is 0.353. The Morgan fingerprint density at radius 1 is 1.13 bits per heavy atom. The molecule has 1 N–H and O–H groups in total. The molecule has 0 aliphatic carbocycles. The minimum Gasteiger partial charge on any atom is -0.387 e. The SMILES string of the molecule is OC(CN1CCN(c2ncccc2Cl)CC1)c1ccccc1F. The van der Waals surface area contributed by atoms with Gasteiger partial charge in [0.25, 0.3) is 0 Å². The van der Waals surface area contributed by atoms with Crippen molar-refractivity contribution in [1.82, 2.24) is 9.88 Å². The van der Waals surface area contributed by atoms with E-state index in [0.29, 0.717) is 17.1 Å². The molecule has 1 atom stereocenters. The zero-order valence-corrected chi connectivity index (χ0v) is 13.5. The molecule has 6 heteroatoms. The van der Waals surface area contributed by atoms with Gasteiger partial charge in [0.1, 0.15) is 11.6 Å². The van der Waals surface area contributed by atoms with Gasteiger partial charge in [-0.1, -0.05) is 29.8 Å². The summed E-state index contributed by atoms with van der Waals surface area (Å²) in [6.45, 7) is 3.53. The van der Waals surface area contributed by atoms with Crippen LogP contribution < -0.4 is 4.90 Å². The third kappa shape index (κ3) is 3.80. The molecule has 0 amide bonds. The standard InChI is InChI=1S/C17H19ClFN3O/c18-14-5-3-7-20-17(14)22-10-8-21(9-11-22)12-16(23)13-4-1-2-6-15(13)19/h1-7,16,23H,8-12H2. The molecule has 3 rings (SSSR count). The number of nitrogens with zero attached hydrogens (tertiary/aromatic N) is 3. The van der Waals surface area contributed by atoms with Crippen molar-refractivity contribution in [3.63, 3.8) is 0 Å². The molecule has 1 aromatic carbocycles. The van der Waals surface area contributed by atoms with Gasteiger partial charge in [0.15, 0.2) is 0 Å². The molecule has 0 saturated carbocycles. The van der Waals surface area contributed by atoms with Crippen LogP contribution >= 0.6 is 11.6 Å². The van der Waals surface area contributed by atoms with Gasteiger partial charge in [0, 0.05) is 44.5 Å². The summed E-state index contributed by atoms with van der Waals surface area (Å²) in [5.41, 5.74) is 0.350. The number of benzene rings is 1. The molecule has 2 aromatic rings. The molecule has 23 heavy (non-hydrogen) atoms. The third-order valence-electron chi connectivity index (χ3n) is 4.11. The second-order valence-corrected chi connectivity index (χ2v) is 6.04. The minimum absolute atomic E-state index is 0.350. The van der Waals surface area contributed by atoms with Gasteiger partial charge in [0.05, 0.1) is 11.1 Å². The first-order chi connectivity index (χ1) is 11.1. The molecule has 1 aromatic heterocycles. The smallest absolute Gasteiger partial charge is 0.147 e. The van der Waals surface area contributed by atoms with Crippen LogP contribution in [0.15, 0.2) is 42.6 Å². The topological polar surface area (TPSA) is 39.6 Å². The molecular formula is C17H19ClFN3O. The number of piperazine rings is 1. The largest absolute Gasteiger partial charge is 0.387 e. The van der Waals surface area contributed by atoms with E-state index in [1.165, 1.54) is 6.07 Å². The molecule has 1 aliphatic heterocycles. The number of pyridine rings is 1. The van der Waals surface area contributed by atoms with Crippen LogP contribution in [0.4, 0.5) is 10.2 Å². The van der Waals surface area contributed by atoms with Gasteiger partial charge in [-0.2, -0.15) is 0 Å². The van der Waals surface area contributed by atoms with Crippen molar-refractivity contribution >= 4 is 17.4 Å². The highest BCUT2D eigenvalue weighted by molar-refractivity contribution is 6.32. The number of aliphatic hydroxyl groups excluding tert-OH is 1. The normalized spacial score (nSPS) is 17.3. The maximum atomic E-state index is 13.7. The lowest BCUT2D eigenvalue weighted by atomic mass is 10.1. The number of rotatable bonds is 4. The van der Waals surface area contributed by atoms with E-state index in [9.17, 15) is 9.50 Å². The third-order valence-corrected chi connectivity index (χ3v) is 4.40. The van der Waals surface area contributed by atoms with Crippen molar-refractivity contribution in [2.75, 3.05) is 37.6 Å². The Bertz CT molecular complexity index is 662. The Morgan fingerprint density at radius 2 is 1.87 bits per heavy atom. The molecule has 4 nitrogen and oxygen atoms in total. The van der Waals surface area contributed by atoms with Crippen molar-refractivity contribution in [3.8, 4) is 0 Å². The molecule has 122 valence electrons. The van der Waals surface area contributed by atoms with Crippen LogP contribution in [0, 0.1) is 5.82 Å². The Morgan fingerprint density at radius 3 is 2.57 bits per heavy atom. The Balaban J connectivity index is 1.57. The number of aromatic nitrogens is 1. The van der Waals surface area contributed by atoms with E-state index in [-0.39, 0.29) is 5.82 Å². The number of hydrogen-bond donors (Lipinski definition) is 1. The van der Waals surface area contributed by atoms with E-state index >= 15 is 0 Å². The van der Waals surface area contributed by atoms with Crippen LogP contribution in [0.2, 0.25) is 5.02 Å². The maximum absolute atomic E-state index is 13.7. The Kier molecular flexibility index (Phi) is 5.10. The van der Waals surface area contributed by atoms with E-state index < -0.39 is 6.10 Å². The lowest BCUT2D eigenvalue weighted by Crippen LogP contribution is -2.48. The number of anilines is 1. The van der Waals surface area contributed by atoms with Gasteiger partial charge in [0.2, 0.25) is 0 Å². The van der Waals surface area contributed by atoms with Crippen LogP contribution in [0.1, 0.15) is 11.7 Å². The molecular weight excluding hydrogens is 317 g/mol.